The van der Waals surface area contributed by atoms with Crippen LogP contribution in [0, 0.1) is 5.41 Å². The molecule has 0 amide bonds. The van der Waals surface area contributed by atoms with Crippen molar-refractivity contribution in [2.75, 3.05) is 79.3 Å². The van der Waals surface area contributed by atoms with Crippen LogP contribution in [-0.2, 0) is 57.1 Å². The Hall–Kier alpha value is -2.44. The molecule has 4 atom stereocenters. The Morgan fingerprint density at radius 3 is 0.805 bits per heavy atom. The van der Waals surface area contributed by atoms with E-state index in [9.17, 15) is 39.6 Å². The molecule has 16 nitrogen and oxygen atoms in total. The molecule has 0 aliphatic heterocycles. The monoisotopic (exact) mass is 600 g/mol. The molecule has 0 radical (unpaired) electrons. The number of carbonyl (C=O) groups is 4. The van der Waals surface area contributed by atoms with E-state index in [1.165, 1.54) is 27.7 Å². The zero-order chi connectivity index (χ0) is 31.3. The minimum Gasteiger partial charge on any atom is -0.461 e. The van der Waals surface area contributed by atoms with Crippen LogP contribution < -0.4 is 0 Å². The smallest absolute Gasteiger partial charge is 0.334 e. The second kappa shape index (κ2) is 22.2. The maximum Gasteiger partial charge on any atom is 0.334 e. The van der Waals surface area contributed by atoms with Crippen molar-refractivity contribution in [1.82, 2.24) is 0 Å². The number of rotatable bonds is 24. The summed E-state index contributed by atoms with van der Waals surface area (Å²) in [7, 11) is 0. The van der Waals surface area contributed by atoms with Gasteiger partial charge in [-0.1, -0.05) is 0 Å². The lowest BCUT2D eigenvalue weighted by Crippen LogP contribution is -2.43. The van der Waals surface area contributed by atoms with Crippen LogP contribution in [0.1, 0.15) is 27.7 Å². The van der Waals surface area contributed by atoms with E-state index in [0.717, 1.165) is 0 Å². The standard InChI is InChI=1S/C25H44O16/c1-17(26)21(30)38-9-5-34-13-25(14-35-6-10-39-22(31)18(2)27,15-36-7-11-40-23(32)19(3)28)16-37-8-12-41-24(33)20(4)29/h17-20,26-29H,5-16H2,1-4H3. The Labute approximate surface area is 238 Å². The summed E-state index contributed by atoms with van der Waals surface area (Å²) < 4.78 is 42.1. The van der Waals surface area contributed by atoms with Crippen LogP contribution in [0.5, 0.6) is 0 Å². The molecule has 0 aromatic heterocycles. The van der Waals surface area contributed by atoms with E-state index in [-0.39, 0.29) is 79.3 Å². The molecule has 240 valence electrons. The summed E-state index contributed by atoms with van der Waals surface area (Å²) in [6.45, 7) is 3.98. The highest BCUT2D eigenvalue weighted by molar-refractivity contribution is 5.74. The van der Waals surface area contributed by atoms with Gasteiger partial charge in [0.05, 0.1) is 58.3 Å². The number of ether oxygens (including phenoxy) is 8. The third kappa shape index (κ3) is 19.3. The number of hydrogen-bond acceptors (Lipinski definition) is 16. The molecule has 0 aliphatic carbocycles. The number of hydrogen-bond donors (Lipinski definition) is 4. The molecule has 0 heterocycles. The summed E-state index contributed by atoms with van der Waals surface area (Å²) in [6, 6.07) is 0. The minimum atomic E-state index is -1.29. The Morgan fingerprint density at radius 2 is 0.634 bits per heavy atom. The lowest BCUT2D eigenvalue weighted by molar-refractivity contribution is -0.159. The summed E-state index contributed by atoms with van der Waals surface area (Å²) in [5.74, 6) is -3.28. The van der Waals surface area contributed by atoms with E-state index in [1.807, 2.05) is 0 Å². The molecule has 0 spiro atoms. The number of carbonyl (C=O) groups excluding carboxylic acids is 4. The van der Waals surface area contributed by atoms with Crippen LogP contribution in [-0.4, -0.2) is 148 Å². The lowest BCUT2D eigenvalue weighted by Gasteiger charge is -2.33. The summed E-state index contributed by atoms with van der Waals surface area (Å²) >= 11 is 0. The van der Waals surface area contributed by atoms with Gasteiger partial charge in [0, 0.05) is 0 Å². The fraction of sp³-hybridized carbons (Fsp3) is 0.840. The zero-order valence-corrected chi connectivity index (χ0v) is 24.0. The average Bonchev–Trinajstić information content (AvgIpc) is 2.91. The van der Waals surface area contributed by atoms with Crippen molar-refractivity contribution in [3.63, 3.8) is 0 Å². The Morgan fingerprint density at radius 1 is 0.439 bits per heavy atom. The van der Waals surface area contributed by atoms with E-state index in [4.69, 9.17) is 37.9 Å². The maximum atomic E-state index is 11.4. The Bertz CT molecular complexity index is 626. The maximum absolute atomic E-state index is 11.4. The fourth-order valence-electron chi connectivity index (χ4n) is 2.69. The van der Waals surface area contributed by atoms with Crippen molar-refractivity contribution in [1.29, 1.82) is 0 Å². The Kier molecular flexibility index (Phi) is 20.9. The van der Waals surface area contributed by atoms with Crippen molar-refractivity contribution in [3.8, 4) is 0 Å². The van der Waals surface area contributed by atoms with Gasteiger partial charge in [-0.25, -0.2) is 19.2 Å². The summed E-state index contributed by atoms with van der Waals surface area (Å²) in [6.07, 6.45) is -5.17. The van der Waals surface area contributed by atoms with E-state index < -0.39 is 53.7 Å². The third-order valence-corrected chi connectivity index (χ3v) is 4.89. The number of esters is 4. The highest BCUT2D eigenvalue weighted by Crippen LogP contribution is 2.21. The third-order valence-electron chi connectivity index (χ3n) is 4.89. The predicted octanol–water partition coefficient (Wildman–Crippen LogP) is -2.26. The molecule has 0 saturated carbocycles. The van der Waals surface area contributed by atoms with E-state index in [2.05, 4.69) is 0 Å². The van der Waals surface area contributed by atoms with Crippen LogP contribution in [0.4, 0.5) is 0 Å². The highest BCUT2D eigenvalue weighted by Gasteiger charge is 2.33. The largest absolute Gasteiger partial charge is 0.461 e. The molecule has 16 heteroatoms. The summed E-state index contributed by atoms with van der Waals surface area (Å²) in [4.78, 5) is 45.8. The minimum absolute atomic E-state index is 0.0514. The van der Waals surface area contributed by atoms with Gasteiger partial charge in [-0.2, -0.15) is 0 Å². The van der Waals surface area contributed by atoms with E-state index in [1.54, 1.807) is 0 Å². The topological polar surface area (TPSA) is 223 Å². The molecule has 0 rings (SSSR count). The normalized spacial score (nSPS) is 15.6. The van der Waals surface area contributed by atoms with Gasteiger partial charge in [0.2, 0.25) is 0 Å². The van der Waals surface area contributed by atoms with Crippen LogP contribution in [0.2, 0.25) is 0 Å². The van der Waals surface area contributed by atoms with Crippen LogP contribution >= 0.6 is 0 Å². The first-order chi connectivity index (χ1) is 19.3. The van der Waals surface area contributed by atoms with Crippen LogP contribution in [0.25, 0.3) is 0 Å². The fourth-order valence-corrected chi connectivity index (χ4v) is 2.69. The molecule has 41 heavy (non-hydrogen) atoms. The molecular weight excluding hydrogens is 556 g/mol. The van der Waals surface area contributed by atoms with Crippen molar-refractivity contribution < 1.29 is 77.5 Å². The average molecular weight is 601 g/mol. The van der Waals surface area contributed by atoms with Crippen molar-refractivity contribution in [3.05, 3.63) is 0 Å². The molecule has 4 N–H and O–H groups in total. The molecule has 0 aromatic carbocycles. The molecular formula is C25H44O16. The van der Waals surface area contributed by atoms with Crippen LogP contribution in [0.15, 0.2) is 0 Å². The zero-order valence-electron chi connectivity index (χ0n) is 24.0. The van der Waals surface area contributed by atoms with E-state index in [0.29, 0.717) is 0 Å². The second-order valence-corrected chi connectivity index (χ2v) is 9.08. The summed E-state index contributed by atoms with van der Waals surface area (Å²) in [5, 5.41) is 36.9. The van der Waals surface area contributed by atoms with Crippen molar-refractivity contribution in [2.45, 2.75) is 52.1 Å². The van der Waals surface area contributed by atoms with Gasteiger partial charge < -0.3 is 58.3 Å². The molecule has 0 aliphatic rings. The van der Waals surface area contributed by atoms with Gasteiger partial charge in [0.25, 0.3) is 0 Å². The lowest BCUT2D eigenvalue weighted by atomic mass is 9.92. The first-order valence-corrected chi connectivity index (χ1v) is 13.0. The molecule has 0 aromatic rings. The molecule has 0 bridgehead atoms. The summed E-state index contributed by atoms with van der Waals surface area (Å²) in [5.41, 5.74) is -1.02. The van der Waals surface area contributed by atoms with Crippen molar-refractivity contribution >= 4 is 23.9 Å². The Balaban J connectivity index is 5.24. The molecule has 4 unspecified atom stereocenters. The van der Waals surface area contributed by atoms with Gasteiger partial charge in [-0.15, -0.1) is 0 Å². The van der Waals surface area contributed by atoms with Crippen molar-refractivity contribution in [2.24, 2.45) is 5.41 Å². The molecule has 0 fully saturated rings. The predicted molar refractivity (Wildman–Crippen MR) is 136 cm³/mol. The van der Waals surface area contributed by atoms with Gasteiger partial charge in [-0.05, 0) is 27.7 Å². The quantitative estimate of drug-likeness (QED) is 0.0521. The van der Waals surface area contributed by atoms with Gasteiger partial charge in [0.15, 0.2) is 0 Å². The number of aliphatic hydroxyl groups is 4. The van der Waals surface area contributed by atoms with Gasteiger partial charge in [-0.3, -0.25) is 0 Å². The molecule has 0 saturated heterocycles. The first kappa shape index (κ1) is 38.6. The van der Waals surface area contributed by atoms with Gasteiger partial charge >= 0.3 is 23.9 Å². The van der Waals surface area contributed by atoms with Crippen LogP contribution in [0.3, 0.4) is 0 Å². The van der Waals surface area contributed by atoms with Gasteiger partial charge in [0.1, 0.15) is 50.8 Å². The number of aliphatic hydroxyl groups excluding tert-OH is 4. The second-order valence-electron chi connectivity index (χ2n) is 9.08. The SMILES string of the molecule is CC(O)C(=O)OCCOCC(COCCOC(=O)C(C)O)(COCCOC(=O)C(C)O)COCCOC(=O)C(C)O. The highest BCUT2D eigenvalue weighted by atomic mass is 16.6. The van der Waals surface area contributed by atoms with E-state index >= 15 is 0 Å². The first-order valence-electron chi connectivity index (χ1n) is 13.0.